The summed E-state index contributed by atoms with van der Waals surface area (Å²) in [6, 6.07) is 13.8. The zero-order valence-electron chi connectivity index (χ0n) is 15.7. The van der Waals surface area contributed by atoms with E-state index in [0.29, 0.717) is 41.7 Å². The van der Waals surface area contributed by atoms with Crippen molar-refractivity contribution in [2.45, 2.75) is 19.8 Å². The highest BCUT2D eigenvalue weighted by Crippen LogP contribution is 2.21. The number of aryl methyl sites for hydroxylation is 1. The summed E-state index contributed by atoms with van der Waals surface area (Å²) < 4.78 is 3.85. The Balaban J connectivity index is 1.29. The number of aromatic nitrogens is 2. The molecule has 1 aliphatic rings. The Labute approximate surface area is 167 Å². The highest BCUT2D eigenvalue weighted by atomic mass is 32.1. The summed E-state index contributed by atoms with van der Waals surface area (Å²) in [5.41, 5.74) is 1.37. The summed E-state index contributed by atoms with van der Waals surface area (Å²) in [5, 5.41) is 9.16. The normalized spacial score (nSPS) is 15.0. The van der Waals surface area contributed by atoms with Gasteiger partial charge < -0.3 is 10.2 Å². The molecule has 28 heavy (non-hydrogen) atoms. The molecule has 7 heteroatoms. The molecule has 0 atom stereocenters. The van der Waals surface area contributed by atoms with Gasteiger partial charge in [-0.15, -0.1) is 5.10 Å². The molecule has 1 aromatic heterocycles. The molecule has 2 aromatic carbocycles. The van der Waals surface area contributed by atoms with Crippen LogP contribution in [0.3, 0.4) is 0 Å². The third kappa shape index (κ3) is 3.89. The number of piperidine rings is 1. The third-order valence-electron chi connectivity index (χ3n) is 5.31. The number of rotatable bonds is 4. The van der Waals surface area contributed by atoms with E-state index >= 15 is 0 Å². The highest BCUT2D eigenvalue weighted by molar-refractivity contribution is 7.07. The fraction of sp³-hybridized carbons (Fsp3) is 0.333. The van der Waals surface area contributed by atoms with Crippen molar-refractivity contribution in [1.82, 2.24) is 19.8 Å². The number of hydrogen-bond donors (Lipinski definition) is 1. The van der Waals surface area contributed by atoms with Crippen LogP contribution in [0.15, 0.2) is 42.5 Å². The summed E-state index contributed by atoms with van der Waals surface area (Å²) >= 11 is 1.16. The van der Waals surface area contributed by atoms with Gasteiger partial charge in [0.1, 0.15) is 4.88 Å². The molecule has 0 bridgehead atoms. The van der Waals surface area contributed by atoms with Gasteiger partial charge in [0.2, 0.25) is 0 Å². The molecule has 1 fully saturated rings. The fourth-order valence-electron chi connectivity index (χ4n) is 3.58. The van der Waals surface area contributed by atoms with Crippen LogP contribution in [0.1, 0.15) is 38.6 Å². The summed E-state index contributed by atoms with van der Waals surface area (Å²) in [4.78, 5) is 27.5. The van der Waals surface area contributed by atoms with Crippen LogP contribution in [0, 0.1) is 12.8 Å². The Morgan fingerprint density at radius 3 is 2.61 bits per heavy atom. The number of nitrogens with zero attached hydrogens (tertiary/aromatic N) is 3. The average Bonchev–Trinajstić information content (AvgIpc) is 3.17. The zero-order valence-corrected chi connectivity index (χ0v) is 16.5. The van der Waals surface area contributed by atoms with E-state index in [1.807, 2.05) is 54.3 Å². The summed E-state index contributed by atoms with van der Waals surface area (Å²) in [7, 11) is 0. The molecule has 2 amide bonds. The van der Waals surface area contributed by atoms with Crippen molar-refractivity contribution in [3.8, 4) is 0 Å². The molecule has 0 saturated carbocycles. The molecule has 144 valence electrons. The Hall–Kier alpha value is -2.80. The number of nitrogens with one attached hydrogen (secondary N) is 1. The number of likely N-dealkylation sites (tertiary alicyclic amines) is 1. The Morgan fingerprint density at radius 1 is 1.14 bits per heavy atom. The van der Waals surface area contributed by atoms with E-state index in [0.717, 1.165) is 35.1 Å². The van der Waals surface area contributed by atoms with Gasteiger partial charge in [-0.2, -0.15) is 0 Å². The number of hydrogen-bond acceptors (Lipinski definition) is 5. The molecule has 1 aliphatic heterocycles. The quantitative estimate of drug-likeness (QED) is 0.737. The van der Waals surface area contributed by atoms with Gasteiger partial charge in [-0.3, -0.25) is 9.59 Å². The van der Waals surface area contributed by atoms with E-state index in [4.69, 9.17) is 0 Å². The average molecular weight is 395 g/mol. The molecular formula is C21H22N4O2S. The van der Waals surface area contributed by atoms with E-state index in [2.05, 4.69) is 14.9 Å². The van der Waals surface area contributed by atoms with Crippen molar-refractivity contribution in [2.75, 3.05) is 19.6 Å². The first-order valence-corrected chi connectivity index (χ1v) is 10.2. The minimum atomic E-state index is -0.0457. The fourth-order valence-corrected chi connectivity index (χ4v) is 4.21. The van der Waals surface area contributed by atoms with Gasteiger partial charge in [0.25, 0.3) is 11.8 Å². The first-order valence-electron chi connectivity index (χ1n) is 9.47. The molecule has 0 radical (unpaired) electrons. The maximum absolute atomic E-state index is 12.5. The van der Waals surface area contributed by atoms with Crippen molar-refractivity contribution < 1.29 is 9.59 Å². The third-order valence-corrected chi connectivity index (χ3v) is 6.13. The van der Waals surface area contributed by atoms with Crippen molar-refractivity contribution in [3.63, 3.8) is 0 Å². The predicted molar refractivity (Wildman–Crippen MR) is 110 cm³/mol. The SMILES string of the molecule is Cc1nnsc1C(=O)N1CCC(CNC(=O)c2ccc3ccccc3c2)CC1. The van der Waals surface area contributed by atoms with Crippen molar-refractivity contribution in [1.29, 1.82) is 0 Å². The molecule has 0 spiro atoms. The second-order valence-electron chi connectivity index (χ2n) is 7.20. The molecule has 1 saturated heterocycles. The first kappa shape index (κ1) is 18.6. The van der Waals surface area contributed by atoms with Gasteiger partial charge in [0, 0.05) is 25.2 Å². The summed E-state index contributed by atoms with van der Waals surface area (Å²) in [6.45, 7) is 3.85. The maximum Gasteiger partial charge on any atom is 0.267 e. The van der Waals surface area contributed by atoms with Gasteiger partial charge in [-0.05, 0) is 60.1 Å². The Morgan fingerprint density at radius 2 is 1.89 bits per heavy atom. The largest absolute Gasteiger partial charge is 0.352 e. The van der Waals surface area contributed by atoms with Crippen LogP contribution in [-0.4, -0.2) is 45.9 Å². The molecule has 0 unspecified atom stereocenters. The minimum absolute atomic E-state index is 0.0196. The molecule has 6 nitrogen and oxygen atoms in total. The zero-order chi connectivity index (χ0) is 19.5. The second kappa shape index (κ2) is 8.06. The lowest BCUT2D eigenvalue weighted by molar-refractivity contribution is 0.0688. The van der Waals surface area contributed by atoms with E-state index in [-0.39, 0.29) is 11.8 Å². The molecule has 3 aromatic rings. The van der Waals surface area contributed by atoms with Crippen LogP contribution in [0.2, 0.25) is 0 Å². The maximum atomic E-state index is 12.5. The Bertz CT molecular complexity index is 1010. The minimum Gasteiger partial charge on any atom is -0.352 e. The number of benzene rings is 2. The number of carbonyl (C=O) groups is 2. The molecule has 2 heterocycles. The molecule has 0 aliphatic carbocycles. The summed E-state index contributed by atoms with van der Waals surface area (Å²) in [5.74, 6) is 0.357. The number of fused-ring (bicyclic) bond motifs is 1. The van der Waals surface area contributed by atoms with Crippen LogP contribution in [-0.2, 0) is 0 Å². The molecular weight excluding hydrogens is 372 g/mol. The first-order chi connectivity index (χ1) is 13.6. The topological polar surface area (TPSA) is 75.2 Å². The molecule has 1 N–H and O–H groups in total. The van der Waals surface area contributed by atoms with Crippen LogP contribution >= 0.6 is 11.5 Å². The van der Waals surface area contributed by atoms with E-state index in [1.165, 1.54) is 0 Å². The lowest BCUT2D eigenvalue weighted by Gasteiger charge is -2.31. The predicted octanol–water partition coefficient (Wildman–Crippen LogP) is 3.28. The van der Waals surface area contributed by atoms with Crippen LogP contribution < -0.4 is 5.32 Å². The van der Waals surface area contributed by atoms with Crippen LogP contribution in [0.5, 0.6) is 0 Å². The second-order valence-corrected chi connectivity index (χ2v) is 7.95. The lowest BCUT2D eigenvalue weighted by atomic mass is 9.96. The van der Waals surface area contributed by atoms with E-state index in [9.17, 15) is 9.59 Å². The van der Waals surface area contributed by atoms with Gasteiger partial charge in [-0.1, -0.05) is 34.8 Å². The van der Waals surface area contributed by atoms with E-state index in [1.54, 1.807) is 0 Å². The van der Waals surface area contributed by atoms with Gasteiger partial charge in [0.05, 0.1) is 5.69 Å². The van der Waals surface area contributed by atoms with Crippen LogP contribution in [0.25, 0.3) is 10.8 Å². The Kier molecular flexibility index (Phi) is 5.34. The summed E-state index contributed by atoms with van der Waals surface area (Å²) in [6.07, 6.45) is 1.77. The van der Waals surface area contributed by atoms with Crippen LogP contribution in [0.4, 0.5) is 0 Å². The van der Waals surface area contributed by atoms with Crippen molar-refractivity contribution in [3.05, 3.63) is 58.6 Å². The number of amides is 2. The lowest BCUT2D eigenvalue weighted by Crippen LogP contribution is -2.41. The van der Waals surface area contributed by atoms with E-state index < -0.39 is 0 Å². The monoisotopic (exact) mass is 394 g/mol. The highest BCUT2D eigenvalue weighted by Gasteiger charge is 2.26. The molecule has 4 rings (SSSR count). The number of carbonyl (C=O) groups excluding carboxylic acids is 2. The van der Waals surface area contributed by atoms with Gasteiger partial charge in [-0.25, -0.2) is 0 Å². The standard InChI is InChI=1S/C21H22N4O2S/c1-14-19(28-24-23-14)21(27)25-10-8-15(9-11-25)13-22-20(26)18-7-6-16-4-2-3-5-17(16)12-18/h2-7,12,15H,8-11,13H2,1H3,(H,22,26). The smallest absolute Gasteiger partial charge is 0.267 e. The van der Waals surface area contributed by atoms with Crippen molar-refractivity contribution in [2.24, 2.45) is 5.92 Å². The van der Waals surface area contributed by atoms with Gasteiger partial charge >= 0.3 is 0 Å². The van der Waals surface area contributed by atoms with Crippen molar-refractivity contribution >= 4 is 34.1 Å². The van der Waals surface area contributed by atoms with Gasteiger partial charge in [0.15, 0.2) is 0 Å².